The lowest BCUT2D eigenvalue weighted by Crippen LogP contribution is -2.38. The SMILES string of the molecule is CCC1NC1(C)CC(C)(C)N. The van der Waals surface area contributed by atoms with Gasteiger partial charge in [-0.15, -0.1) is 0 Å². The van der Waals surface area contributed by atoms with Crippen molar-refractivity contribution >= 4 is 0 Å². The molecule has 0 aromatic rings. The Morgan fingerprint density at radius 1 is 1.55 bits per heavy atom. The molecule has 2 nitrogen and oxygen atoms in total. The number of rotatable bonds is 3. The van der Waals surface area contributed by atoms with Gasteiger partial charge in [-0.2, -0.15) is 0 Å². The molecule has 0 aromatic heterocycles. The molecule has 0 amide bonds. The van der Waals surface area contributed by atoms with Crippen molar-refractivity contribution in [2.24, 2.45) is 5.73 Å². The largest absolute Gasteiger partial charge is 0.325 e. The Morgan fingerprint density at radius 2 is 2.09 bits per heavy atom. The van der Waals surface area contributed by atoms with Crippen LogP contribution in [0.2, 0.25) is 0 Å². The fourth-order valence-corrected chi connectivity index (χ4v) is 2.03. The average Bonchev–Trinajstić information content (AvgIpc) is 2.36. The summed E-state index contributed by atoms with van der Waals surface area (Å²) in [5.74, 6) is 0. The third-order valence-electron chi connectivity index (χ3n) is 2.42. The molecule has 66 valence electrons. The van der Waals surface area contributed by atoms with Crippen molar-refractivity contribution in [2.45, 2.75) is 57.7 Å². The summed E-state index contributed by atoms with van der Waals surface area (Å²) in [4.78, 5) is 0. The summed E-state index contributed by atoms with van der Waals surface area (Å²) in [7, 11) is 0. The zero-order valence-corrected chi connectivity index (χ0v) is 8.07. The van der Waals surface area contributed by atoms with E-state index in [-0.39, 0.29) is 5.54 Å². The van der Waals surface area contributed by atoms with Crippen LogP contribution in [0, 0.1) is 0 Å². The van der Waals surface area contributed by atoms with Crippen molar-refractivity contribution < 1.29 is 0 Å². The topological polar surface area (TPSA) is 48.0 Å². The molecule has 0 aromatic carbocycles. The van der Waals surface area contributed by atoms with E-state index in [9.17, 15) is 0 Å². The van der Waals surface area contributed by atoms with Gasteiger partial charge in [-0.3, -0.25) is 0 Å². The molecule has 1 heterocycles. The van der Waals surface area contributed by atoms with E-state index in [1.54, 1.807) is 0 Å². The second-order valence-electron chi connectivity index (χ2n) is 4.69. The minimum Gasteiger partial charge on any atom is -0.325 e. The van der Waals surface area contributed by atoms with Crippen LogP contribution in [0.25, 0.3) is 0 Å². The van der Waals surface area contributed by atoms with Gasteiger partial charge in [0, 0.05) is 17.1 Å². The smallest absolute Gasteiger partial charge is 0.0327 e. The van der Waals surface area contributed by atoms with E-state index in [0.29, 0.717) is 11.6 Å². The maximum Gasteiger partial charge on any atom is 0.0327 e. The predicted octanol–water partition coefficient (Wildman–Crippen LogP) is 1.25. The van der Waals surface area contributed by atoms with E-state index < -0.39 is 0 Å². The third-order valence-corrected chi connectivity index (χ3v) is 2.42. The molecular formula is C9H20N2. The summed E-state index contributed by atoms with van der Waals surface area (Å²) in [6.45, 7) is 8.65. The quantitative estimate of drug-likeness (QED) is 0.604. The molecule has 3 N–H and O–H groups in total. The fraction of sp³-hybridized carbons (Fsp3) is 1.00. The second-order valence-corrected chi connectivity index (χ2v) is 4.69. The standard InChI is InChI=1S/C9H20N2/c1-5-7-9(4,11-7)6-8(2,3)10/h7,11H,5-6,10H2,1-4H3. The van der Waals surface area contributed by atoms with Gasteiger partial charge >= 0.3 is 0 Å². The normalized spacial score (nSPS) is 37.4. The molecule has 1 fully saturated rings. The summed E-state index contributed by atoms with van der Waals surface area (Å²) in [6.07, 6.45) is 2.28. The summed E-state index contributed by atoms with van der Waals surface area (Å²) >= 11 is 0. The van der Waals surface area contributed by atoms with Crippen molar-refractivity contribution in [3.63, 3.8) is 0 Å². The number of hydrogen-bond donors (Lipinski definition) is 2. The summed E-state index contributed by atoms with van der Waals surface area (Å²) < 4.78 is 0. The monoisotopic (exact) mass is 156 g/mol. The fourth-order valence-electron chi connectivity index (χ4n) is 2.03. The van der Waals surface area contributed by atoms with Crippen molar-refractivity contribution in [2.75, 3.05) is 0 Å². The van der Waals surface area contributed by atoms with Gasteiger partial charge in [0.25, 0.3) is 0 Å². The Kier molecular flexibility index (Phi) is 2.01. The van der Waals surface area contributed by atoms with Crippen LogP contribution in [0.1, 0.15) is 40.5 Å². The molecule has 0 aliphatic carbocycles. The Hall–Kier alpha value is -0.0800. The Labute approximate surface area is 69.5 Å². The van der Waals surface area contributed by atoms with Gasteiger partial charge in [0.2, 0.25) is 0 Å². The van der Waals surface area contributed by atoms with Crippen LogP contribution >= 0.6 is 0 Å². The van der Waals surface area contributed by atoms with E-state index in [1.165, 1.54) is 6.42 Å². The first kappa shape index (κ1) is 9.01. The van der Waals surface area contributed by atoms with Crippen molar-refractivity contribution in [3.05, 3.63) is 0 Å². The molecular weight excluding hydrogens is 136 g/mol. The highest BCUT2D eigenvalue weighted by molar-refractivity contribution is 5.12. The molecule has 0 saturated carbocycles. The van der Waals surface area contributed by atoms with E-state index in [4.69, 9.17) is 5.73 Å². The van der Waals surface area contributed by atoms with Crippen LogP contribution in [0.5, 0.6) is 0 Å². The average molecular weight is 156 g/mol. The van der Waals surface area contributed by atoms with Gasteiger partial charge in [-0.1, -0.05) is 6.92 Å². The van der Waals surface area contributed by atoms with E-state index >= 15 is 0 Å². The zero-order chi connectivity index (χ0) is 8.70. The van der Waals surface area contributed by atoms with Gasteiger partial charge in [-0.25, -0.2) is 0 Å². The van der Waals surface area contributed by atoms with Gasteiger partial charge in [0.05, 0.1) is 0 Å². The maximum absolute atomic E-state index is 5.94. The lowest BCUT2D eigenvalue weighted by atomic mass is 9.89. The molecule has 1 saturated heterocycles. The molecule has 2 heteroatoms. The predicted molar refractivity (Wildman–Crippen MR) is 48.5 cm³/mol. The Balaban J connectivity index is 2.40. The minimum atomic E-state index is -0.0360. The number of nitrogens with two attached hydrogens (primary N) is 1. The first-order valence-corrected chi connectivity index (χ1v) is 4.44. The van der Waals surface area contributed by atoms with Crippen LogP contribution in [0.3, 0.4) is 0 Å². The maximum atomic E-state index is 5.94. The molecule has 2 unspecified atom stereocenters. The summed E-state index contributed by atoms with van der Waals surface area (Å²) in [6, 6.07) is 0.699. The minimum absolute atomic E-state index is 0.0360. The van der Waals surface area contributed by atoms with Crippen LogP contribution in [-0.2, 0) is 0 Å². The van der Waals surface area contributed by atoms with Crippen LogP contribution in [-0.4, -0.2) is 17.1 Å². The Morgan fingerprint density at radius 3 is 2.36 bits per heavy atom. The Bertz CT molecular complexity index is 148. The number of hydrogen-bond acceptors (Lipinski definition) is 2. The molecule has 0 bridgehead atoms. The third kappa shape index (κ3) is 2.17. The first-order chi connectivity index (χ1) is 4.87. The van der Waals surface area contributed by atoms with Crippen LogP contribution in [0.15, 0.2) is 0 Å². The highest BCUT2D eigenvalue weighted by Gasteiger charge is 2.49. The molecule has 0 spiro atoms. The lowest BCUT2D eigenvalue weighted by molar-refractivity contribution is 0.408. The molecule has 1 aliphatic rings. The zero-order valence-electron chi connectivity index (χ0n) is 8.07. The lowest BCUT2D eigenvalue weighted by Gasteiger charge is -2.22. The van der Waals surface area contributed by atoms with Gasteiger partial charge in [0.15, 0.2) is 0 Å². The van der Waals surface area contributed by atoms with E-state index in [0.717, 1.165) is 6.42 Å². The molecule has 1 rings (SSSR count). The number of nitrogens with one attached hydrogen (secondary N) is 1. The van der Waals surface area contributed by atoms with Crippen LogP contribution in [0.4, 0.5) is 0 Å². The molecule has 0 radical (unpaired) electrons. The van der Waals surface area contributed by atoms with Crippen molar-refractivity contribution in [1.82, 2.24) is 5.32 Å². The van der Waals surface area contributed by atoms with E-state index in [2.05, 4.69) is 33.0 Å². The summed E-state index contributed by atoms with van der Waals surface area (Å²) in [5.41, 5.74) is 6.23. The van der Waals surface area contributed by atoms with Gasteiger partial charge < -0.3 is 11.1 Å². The second kappa shape index (κ2) is 2.46. The van der Waals surface area contributed by atoms with Crippen molar-refractivity contribution in [3.8, 4) is 0 Å². The molecule has 11 heavy (non-hydrogen) atoms. The highest BCUT2D eigenvalue weighted by atomic mass is 15.2. The first-order valence-electron chi connectivity index (χ1n) is 4.44. The van der Waals surface area contributed by atoms with Crippen molar-refractivity contribution in [1.29, 1.82) is 0 Å². The molecule has 2 atom stereocenters. The highest BCUT2D eigenvalue weighted by Crippen LogP contribution is 2.35. The van der Waals surface area contributed by atoms with Crippen LogP contribution < -0.4 is 11.1 Å². The van der Waals surface area contributed by atoms with Gasteiger partial charge in [-0.05, 0) is 33.6 Å². The molecule has 1 aliphatic heterocycles. The van der Waals surface area contributed by atoms with E-state index in [1.807, 2.05) is 0 Å². The van der Waals surface area contributed by atoms with Gasteiger partial charge in [0.1, 0.15) is 0 Å². The summed E-state index contributed by atoms with van der Waals surface area (Å²) in [5, 5.41) is 3.47.